The van der Waals surface area contributed by atoms with Crippen LogP contribution in [0.25, 0.3) is 0 Å². The standard InChI is InChI=1S/C8H4F3NO3/c9-8(10,11)6-2-1-3-7(12(14)15)5(6)4-13/h1-4H. The van der Waals surface area contributed by atoms with Gasteiger partial charge in [0.1, 0.15) is 5.56 Å². The first-order valence-electron chi connectivity index (χ1n) is 3.67. The molecule has 0 radical (unpaired) electrons. The van der Waals surface area contributed by atoms with Crippen LogP contribution >= 0.6 is 0 Å². The second-order valence-corrected chi connectivity index (χ2v) is 2.61. The van der Waals surface area contributed by atoms with Crippen molar-refractivity contribution in [2.24, 2.45) is 0 Å². The number of rotatable bonds is 2. The molecule has 0 aromatic heterocycles. The van der Waals surface area contributed by atoms with E-state index in [1.807, 2.05) is 0 Å². The summed E-state index contributed by atoms with van der Waals surface area (Å²) in [5, 5.41) is 10.3. The third-order valence-corrected chi connectivity index (χ3v) is 1.70. The minimum absolute atomic E-state index is 0.166. The van der Waals surface area contributed by atoms with Crippen LogP contribution in [0, 0.1) is 10.1 Å². The molecule has 0 aliphatic carbocycles. The highest BCUT2D eigenvalue weighted by Crippen LogP contribution is 2.34. The maximum Gasteiger partial charge on any atom is 0.417 e. The summed E-state index contributed by atoms with van der Waals surface area (Å²) in [4.78, 5) is 19.7. The average Bonchev–Trinajstić information content (AvgIpc) is 2.15. The van der Waals surface area contributed by atoms with E-state index in [0.717, 1.165) is 12.1 Å². The normalized spacial score (nSPS) is 11.1. The van der Waals surface area contributed by atoms with Crippen LogP contribution in [-0.2, 0) is 6.18 Å². The van der Waals surface area contributed by atoms with E-state index >= 15 is 0 Å². The molecule has 0 heterocycles. The zero-order valence-electron chi connectivity index (χ0n) is 7.12. The summed E-state index contributed by atoms with van der Waals surface area (Å²) in [6, 6.07) is 2.35. The second-order valence-electron chi connectivity index (χ2n) is 2.61. The van der Waals surface area contributed by atoms with Crippen LogP contribution < -0.4 is 0 Å². The predicted octanol–water partition coefficient (Wildman–Crippen LogP) is 2.43. The SMILES string of the molecule is O=Cc1c([N+](=O)[O-])cccc1C(F)(F)F. The summed E-state index contributed by atoms with van der Waals surface area (Å²) in [6.07, 6.45) is -4.94. The van der Waals surface area contributed by atoms with Crippen LogP contribution in [0.2, 0.25) is 0 Å². The van der Waals surface area contributed by atoms with Crippen molar-refractivity contribution >= 4 is 12.0 Å². The molecule has 0 aliphatic heterocycles. The number of hydrogen-bond donors (Lipinski definition) is 0. The summed E-state index contributed by atoms with van der Waals surface area (Å²) in [6.45, 7) is 0. The van der Waals surface area contributed by atoms with Crippen LogP contribution in [0.4, 0.5) is 18.9 Å². The topological polar surface area (TPSA) is 60.2 Å². The molecule has 0 spiro atoms. The lowest BCUT2D eigenvalue weighted by atomic mass is 10.1. The number of alkyl halides is 3. The zero-order valence-corrected chi connectivity index (χ0v) is 7.12. The van der Waals surface area contributed by atoms with Crippen molar-refractivity contribution in [3.05, 3.63) is 39.4 Å². The third-order valence-electron chi connectivity index (χ3n) is 1.70. The first kappa shape index (κ1) is 11.2. The van der Waals surface area contributed by atoms with Crippen LogP contribution in [-0.4, -0.2) is 11.2 Å². The lowest BCUT2D eigenvalue weighted by molar-refractivity contribution is -0.385. The summed E-state index contributed by atoms with van der Waals surface area (Å²) in [5.41, 5.74) is -3.10. The Morgan fingerprint density at radius 1 is 1.33 bits per heavy atom. The molecule has 0 saturated carbocycles. The van der Waals surface area contributed by atoms with Crippen LogP contribution in [0.15, 0.2) is 18.2 Å². The predicted molar refractivity (Wildman–Crippen MR) is 43.5 cm³/mol. The molecule has 0 saturated heterocycles. The minimum Gasteiger partial charge on any atom is -0.298 e. The van der Waals surface area contributed by atoms with Gasteiger partial charge in [0.15, 0.2) is 6.29 Å². The van der Waals surface area contributed by atoms with Crippen LogP contribution in [0.5, 0.6) is 0 Å². The number of hydrogen-bond acceptors (Lipinski definition) is 3. The number of aldehydes is 1. The molecule has 0 atom stereocenters. The van der Waals surface area contributed by atoms with Gasteiger partial charge >= 0.3 is 6.18 Å². The van der Waals surface area contributed by atoms with Gasteiger partial charge in [-0.15, -0.1) is 0 Å². The zero-order chi connectivity index (χ0) is 11.6. The fraction of sp³-hybridized carbons (Fsp3) is 0.125. The third kappa shape index (κ3) is 2.12. The summed E-state index contributed by atoms with van der Waals surface area (Å²) in [5.74, 6) is 0. The van der Waals surface area contributed by atoms with Crippen molar-refractivity contribution < 1.29 is 22.9 Å². The molecule has 1 aromatic carbocycles. The van der Waals surface area contributed by atoms with Gasteiger partial charge in [-0.05, 0) is 6.07 Å². The fourth-order valence-corrected chi connectivity index (χ4v) is 1.08. The van der Waals surface area contributed by atoms with E-state index in [2.05, 4.69) is 0 Å². The number of nitro groups is 1. The number of benzene rings is 1. The van der Waals surface area contributed by atoms with Crippen molar-refractivity contribution in [2.45, 2.75) is 6.18 Å². The van der Waals surface area contributed by atoms with E-state index in [4.69, 9.17) is 0 Å². The van der Waals surface area contributed by atoms with Gasteiger partial charge in [0, 0.05) is 6.07 Å². The molecule has 80 valence electrons. The maximum atomic E-state index is 12.3. The molecular formula is C8H4F3NO3. The molecule has 0 aliphatic rings. The Labute approximate surface area is 81.5 Å². The van der Waals surface area contributed by atoms with Gasteiger partial charge in [-0.1, -0.05) is 6.07 Å². The fourth-order valence-electron chi connectivity index (χ4n) is 1.08. The Kier molecular flexibility index (Phi) is 2.74. The molecule has 1 rings (SSSR count). The summed E-state index contributed by atoms with van der Waals surface area (Å²) >= 11 is 0. The van der Waals surface area contributed by atoms with Gasteiger partial charge in [0.05, 0.1) is 10.5 Å². The highest BCUT2D eigenvalue weighted by Gasteiger charge is 2.36. The van der Waals surface area contributed by atoms with E-state index < -0.39 is 27.9 Å². The van der Waals surface area contributed by atoms with Gasteiger partial charge in [-0.25, -0.2) is 0 Å². The smallest absolute Gasteiger partial charge is 0.298 e. The van der Waals surface area contributed by atoms with E-state index in [0.29, 0.717) is 6.07 Å². The van der Waals surface area contributed by atoms with Crippen LogP contribution in [0.3, 0.4) is 0 Å². The summed E-state index contributed by atoms with van der Waals surface area (Å²) in [7, 11) is 0. The van der Waals surface area contributed by atoms with E-state index in [9.17, 15) is 28.1 Å². The molecule has 15 heavy (non-hydrogen) atoms. The van der Waals surface area contributed by atoms with Gasteiger partial charge in [-0.2, -0.15) is 13.2 Å². The highest BCUT2D eigenvalue weighted by atomic mass is 19.4. The van der Waals surface area contributed by atoms with Crippen molar-refractivity contribution in [3.63, 3.8) is 0 Å². The first-order chi connectivity index (χ1) is 6.88. The molecule has 0 fully saturated rings. The second kappa shape index (κ2) is 3.68. The van der Waals surface area contributed by atoms with Gasteiger partial charge in [0.2, 0.25) is 0 Å². The summed E-state index contributed by atoms with van der Waals surface area (Å²) < 4.78 is 36.9. The Balaban J connectivity index is 3.48. The van der Waals surface area contributed by atoms with Crippen molar-refractivity contribution in [1.29, 1.82) is 0 Å². The number of nitrogens with zero attached hydrogens (tertiary/aromatic N) is 1. The highest BCUT2D eigenvalue weighted by molar-refractivity contribution is 5.84. The molecule has 0 N–H and O–H groups in total. The Bertz CT molecular complexity index is 414. The van der Waals surface area contributed by atoms with Crippen molar-refractivity contribution in [1.82, 2.24) is 0 Å². The molecule has 0 bridgehead atoms. The molecule has 0 amide bonds. The van der Waals surface area contributed by atoms with Crippen molar-refractivity contribution in [3.8, 4) is 0 Å². The lowest BCUT2D eigenvalue weighted by Crippen LogP contribution is -2.10. The Hall–Kier alpha value is -1.92. The number of nitro benzene ring substituents is 1. The van der Waals surface area contributed by atoms with Gasteiger partial charge in [-0.3, -0.25) is 14.9 Å². The van der Waals surface area contributed by atoms with E-state index in [-0.39, 0.29) is 6.29 Å². The molecule has 1 aromatic rings. The first-order valence-corrected chi connectivity index (χ1v) is 3.67. The number of halogens is 3. The van der Waals surface area contributed by atoms with E-state index in [1.165, 1.54) is 0 Å². The van der Waals surface area contributed by atoms with E-state index in [1.54, 1.807) is 0 Å². The van der Waals surface area contributed by atoms with Crippen molar-refractivity contribution in [2.75, 3.05) is 0 Å². The Morgan fingerprint density at radius 3 is 2.33 bits per heavy atom. The average molecular weight is 219 g/mol. The van der Waals surface area contributed by atoms with Gasteiger partial charge < -0.3 is 0 Å². The Morgan fingerprint density at radius 2 is 1.93 bits per heavy atom. The largest absolute Gasteiger partial charge is 0.417 e. The van der Waals surface area contributed by atoms with Crippen LogP contribution in [0.1, 0.15) is 15.9 Å². The molecule has 7 heteroatoms. The molecule has 4 nitrogen and oxygen atoms in total. The lowest BCUT2D eigenvalue weighted by Gasteiger charge is -2.08. The monoisotopic (exact) mass is 219 g/mol. The molecular weight excluding hydrogens is 215 g/mol. The minimum atomic E-state index is -4.78. The number of carbonyl (C=O) groups is 1. The maximum absolute atomic E-state index is 12.3. The molecule has 0 unspecified atom stereocenters. The quantitative estimate of drug-likeness (QED) is 0.436. The number of carbonyl (C=O) groups excluding carboxylic acids is 1. The van der Waals surface area contributed by atoms with Gasteiger partial charge in [0.25, 0.3) is 5.69 Å².